The number of benzene rings is 1. The number of halogens is 1. The minimum Gasteiger partial charge on any atom is -0.386 e. The fourth-order valence-corrected chi connectivity index (χ4v) is 3.27. The lowest BCUT2D eigenvalue weighted by molar-refractivity contribution is 0.189. The highest BCUT2D eigenvalue weighted by atomic mass is 79.9. The third-order valence-corrected chi connectivity index (χ3v) is 4.57. The summed E-state index contributed by atoms with van der Waals surface area (Å²) in [6, 6.07) is 6.11. The summed E-state index contributed by atoms with van der Waals surface area (Å²) in [4.78, 5) is 5.39. The van der Waals surface area contributed by atoms with E-state index in [4.69, 9.17) is 5.73 Å². The van der Waals surface area contributed by atoms with Crippen molar-refractivity contribution < 1.29 is 5.11 Å². The van der Waals surface area contributed by atoms with Crippen molar-refractivity contribution >= 4 is 27.3 Å². The molecular formula is C13H15BrN2OS. The molecule has 0 bridgehead atoms. The van der Waals surface area contributed by atoms with Crippen molar-refractivity contribution in [2.75, 3.05) is 6.54 Å². The van der Waals surface area contributed by atoms with E-state index in [0.29, 0.717) is 0 Å². The molecule has 0 spiro atoms. The third-order valence-electron chi connectivity index (χ3n) is 2.79. The van der Waals surface area contributed by atoms with Gasteiger partial charge in [0.1, 0.15) is 11.1 Å². The largest absolute Gasteiger partial charge is 0.386 e. The number of aliphatic hydroxyl groups excluding tert-OH is 1. The molecular weight excluding hydrogens is 312 g/mol. The van der Waals surface area contributed by atoms with E-state index in [0.717, 1.165) is 25.6 Å². The molecule has 0 radical (unpaired) electrons. The van der Waals surface area contributed by atoms with Crippen LogP contribution in [0.4, 0.5) is 0 Å². The summed E-state index contributed by atoms with van der Waals surface area (Å²) in [6.07, 6.45) is -0.622. The fraction of sp³-hybridized carbons (Fsp3) is 0.308. The molecule has 0 aliphatic heterocycles. The van der Waals surface area contributed by atoms with Gasteiger partial charge in [-0.1, -0.05) is 22.0 Å². The predicted octanol–water partition coefficient (Wildman–Crippen LogP) is 3.18. The van der Waals surface area contributed by atoms with Crippen LogP contribution in [-0.2, 0) is 0 Å². The summed E-state index contributed by atoms with van der Waals surface area (Å²) in [5.74, 6) is 0. The Bertz CT molecular complexity index is 568. The molecule has 0 saturated carbocycles. The molecule has 0 fully saturated rings. The van der Waals surface area contributed by atoms with Gasteiger partial charge in [-0.05, 0) is 31.5 Å². The zero-order valence-corrected chi connectivity index (χ0v) is 12.7. The van der Waals surface area contributed by atoms with Crippen molar-refractivity contribution in [3.8, 4) is 10.6 Å². The van der Waals surface area contributed by atoms with E-state index in [1.165, 1.54) is 16.9 Å². The molecule has 1 aromatic heterocycles. The van der Waals surface area contributed by atoms with E-state index in [1.807, 2.05) is 19.1 Å². The lowest BCUT2D eigenvalue weighted by Gasteiger charge is -2.04. The van der Waals surface area contributed by atoms with Crippen molar-refractivity contribution in [3.05, 3.63) is 38.8 Å². The van der Waals surface area contributed by atoms with Gasteiger partial charge in [0.2, 0.25) is 0 Å². The minimum absolute atomic E-state index is 0.222. The van der Waals surface area contributed by atoms with Gasteiger partial charge in [0, 0.05) is 16.6 Å². The topological polar surface area (TPSA) is 59.1 Å². The molecule has 0 aliphatic rings. The summed E-state index contributed by atoms with van der Waals surface area (Å²) in [5, 5.41) is 10.8. The molecule has 96 valence electrons. The highest BCUT2D eigenvalue weighted by molar-refractivity contribution is 9.10. The van der Waals surface area contributed by atoms with Crippen LogP contribution < -0.4 is 5.73 Å². The van der Waals surface area contributed by atoms with E-state index >= 15 is 0 Å². The van der Waals surface area contributed by atoms with Crippen LogP contribution in [0, 0.1) is 13.8 Å². The van der Waals surface area contributed by atoms with Crippen LogP contribution in [0.5, 0.6) is 0 Å². The lowest BCUT2D eigenvalue weighted by Crippen LogP contribution is -2.10. The van der Waals surface area contributed by atoms with Gasteiger partial charge in [0.05, 0.1) is 10.6 Å². The Morgan fingerprint density at radius 1 is 1.44 bits per heavy atom. The molecule has 0 aliphatic carbocycles. The number of hydrogen-bond acceptors (Lipinski definition) is 4. The minimum atomic E-state index is -0.622. The molecule has 1 unspecified atom stereocenters. The van der Waals surface area contributed by atoms with Crippen LogP contribution in [-0.4, -0.2) is 16.6 Å². The van der Waals surface area contributed by atoms with Gasteiger partial charge in [-0.3, -0.25) is 0 Å². The second kappa shape index (κ2) is 5.48. The maximum absolute atomic E-state index is 9.83. The SMILES string of the molecule is Cc1ccc(Br)cc1-c1nc(C)c(C(O)CN)s1. The molecule has 1 aromatic carbocycles. The quantitative estimate of drug-likeness (QED) is 0.910. The van der Waals surface area contributed by atoms with Gasteiger partial charge < -0.3 is 10.8 Å². The first-order valence-electron chi connectivity index (χ1n) is 5.65. The van der Waals surface area contributed by atoms with Gasteiger partial charge in [-0.15, -0.1) is 11.3 Å². The molecule has 5 heteroatoms. The average molecular weight is 327 g/mol. The molecule has 0 saturated heterocycles. The van der Waals surface area contributed by atoms with Gasteiger partial charge in [-0.25, -0.2) is 4.98 Å². The van der Waals surface area contributed by atoms with E-state index in [1.54, 1.807) is 0 Å². The van der Waals surface area contributed by atoms with Crippen LogP contribution in [0.15, 0.2) is 22.7 Å². The molecule has 3 nitrogen and oxygen atoms in total. The van der Waals surface area contributed by atoms with Crippen molar-refractivity contribution in [2.24, 2.45) is 5.73 Å². The number of hydrogen-bond donors (Lipinski definition) is 2. The first kappa shape index (κ1) is 13.7. The Hall–Kier alpha value is -0.750. The van der Waals surface area contributed by atoms with Crippen molar-refractivity contribution in [1.82, 2.24) is 4.98 Å². The molecule has 1 atom stereocenters. The second-order valence-electron chi connectivity index (χ2n) is 4.18. The van der Waals surface area contributed by atoms with Gasteiger partial charge in [0.15, 0.2) is 0 Å². The van der Waals surface area contributed by atoms with Crippen molar-refractivity contribution in [2.45, 2.75) is 20.0 Å². The van der Waals surface area contributed by atoms with Crippen LogP contribution in [0.25, 0.3) is 10.6 Å². The lowest BCUT2D eigenvalue weighted by atomic mass is 10.1. The number of thiazole rings is 1. The summed E-state index contributed by atoms with van der Waals surface area (Å²) in [6.45, 7) is 4.18. The summed E-state index contributed by atoms with van der Waals surface area (Å²) in [5.41, 5.74) is 8.61. The van der Waals surface area contributed by atoms with Crippen molar-refractivity contribution in [1.29, 1.82) is 0 Å². The number of aromatic nitrogens is 1. The smallest absolute Gasteiger partial charge is 0.124 e. The van der Waals surface area contributed by atoms with E-state index in [9.17, 15) is 5.11 Å². The number of aryl methyl sites for hydroxylation is 2. The first-order chi connectivity index (χ1) is 8.52. The number of aliphatic hydroxyl groups is 1. The zero-order chi connectivity index (χ0) is 13.3. The number of nitrogens with zero attached hydrogens (tertiary/aromatic N) is 1. The van der Waals surface area contributed by atoms with Gasteiger partial charge >= 0.3 is 0 Å². The Morgan fingerprint density at radius 3 is 2.83 bits per heavy atom. The molecule has 1 heterocycles. The van der Waals surface area contributed by atoms with E-state index in [-0.39, 0.29) is 6.54 Å². The van der Waals surface area contributed by atoms with Crippen LogP contribution in [0.1, 0.15) is 22.2 Å². The number of nitrogens with two attached hydrogens (primary N) is 1. The van der Waals surface area contributed by atoms with Crippen LogP contribution >= 0.6 is 27.3 Å². The first-order valence-corrected chi connectivity index (χ1v) is 7.26. The molecule has 18 heavy (non-hydrogen) atoms. The summed E-state index contributed by atoms with van der Waals surface area (Å²) < 4.78 is 1.02. The Kier molecular flexibility index (Phi) is 4.17. The zero-order valence-electron chi connectivity index (χ0n) is 10.3. The van der Waals surface area contributed by atoms with Gasteiger partial charge in [0.25, 0.3) is 0 Å². The third kappa shape index (κ3) is 2.64. The normalized spacial score (nSPS) is 12.7. The summed E-state index contributed by atoms with van der Waals surface area (Å²) in [7, 11) is 0. The fourth-order valence-electron chi connectivity index (χ4n) is 1.76. The summed E-state index contributed by atoms with van der Waals surface area (Å²) >= 11 is 4.98. The van der Waals surface area contributed by atoms with Gasteiger partial charge in [-0.2, -0.15) is 0 Å². The number of rotatable bonds is 3. The van der Waals surface area contributed by atoms with Crippen LogP contribution in [0.2, 0.25) is 0 Å². The van der Waals surface area contributed by atoms with E-state index < -0.39 is 6.10 Å². The highest BCUT2D eigenvalue weighted by Gasteiger charge is 2.16. The maximum Gasteiger partial charge on any atom is 0.124 e. The molecule has 2 aromatic rings. The monoisotopic (exact) mass is 326 g/mol. The van der Waals surface area contributed by atoms with Crippen molar-refractivity contribution in [3.63, 3.8) is 0 Å². The Balaban J connectivity index is 2.49. The maximum atomic E-state index is 9.83. The van der Waals surface area contributed by atoms with Crippen LogP contribution in [0.3, 0.4) is 0 Å². The molecule has 2 rings (SSSR count). The molecule has 0 amide bonds. The van der Waals surface area contributed by atoms with E-state index in [2.05, 4.69) is 33.9 Å². The Morgan fingerprint density at radius 2 is 2.17 bits per heavy atom. The highest BCUT2D eigenvalue weighted by Crippen LogP contribution is 2.34. The predicted molar refractivity (Wildman–Crippen MR) is 78.7 cm³/mol. The average Bonchev–Trinajstić information content (AvgIpc) is 2.73. The standard InChI is InChI=1S/C13H15BrN2OS/c1-7-3-4-9(14)5-10(7)13-16-8(2)12(18-13)11(17)6-15/h3-5,11,17H,6,15H2,1-2H3. The molecule has 3 N–H and O–H groups in total. The Labute approximate surface area is 119 Å². The second-order valence-corrected chi connectivity index (χ2v) is 6.13.